The van der Waals surface area contributed by atoms with Gasteiger partial charge in [-0.2, -0.15) is 0 Å². The molecule has 2 atom stereocenters. The van der Waals surface area contributed by atoms with Crippen LogP contribution in [0, 0.1) is 11.7 Å². The van der Waals surface area contributed by atoms with Crippen LogP contribution in [-0.2, 0) is 10.0 Å². The number of hydrogen-bond donors (Lipinski definition) is 3. The Morgan fingerprint density at radius 2 is 2.13 bits per heavy atom. The van der Waals surface area contributed by atoms with Gasteiger partial charge in [0.2, 0.25) is 0 Å². The van der Waals surface area contributed by atoms with Crippen molar-refractivity contribution >= 4 is 27.8 Å². The second kappa shape index (κ2) is 8.32. The number of anilines is 1. The van der Waals surface area contributed by atoms with E-state index in [-0.39, 0.29) is 33.4 Å². The lowest BCUT2D eigenvalue weighted by Gasteiger charge is -2.21. The van der Waals surface area contributed by atoms with Crippen molar-refractivity contribution < 1.29 is 27.4 Å². The molecular weight excluding hydrogens is 423 g/mol. The minimum atomic E-state index is -4.20. The zero-order valence-electron chi connectivity index (χ0n) is 16.9. The highest BCUT2D eigenvalue weighted by molar-refractivity contribution is 7.92. The third-order valence-corrected chi connectivity index (χ3v) is 6.92. The third kappa shape index (κ3) is 4.28. The normalized spacial score (nSPS) is 19.4. The van der Waals surface area contributed by atoms with Gasteiger partial charge in [0.05, 0.1) is 17.2 Å². The molecule has 31 heavy (non-hydrogen) atoms. The van der Waals surface area contributed by atoms with Gasteiger partial charge in [-0.05, 0) is 54.3 Å². The molecule has 1 saturated carbocycles. The van der Waals surface area contributed by atoms with Gasteiger partial charge in [-0.3, -0.25) is 4.72 Å². The first-order chi connectivity index (χ1) is 14.8. The molecule has 1 aliphatic carbocycles. The van der Waals surface area contributed by atoms with Gasteiger partial charge in [-0.25, -0.2) is 17.6 Å². The summed E-state index contributed by atoms with van der Waals surface area (Å²) < 4.78 is 48.0. The quantitative estimate of drug-likeness (QED) is 0.537. The molecule has 1 fully saturated rings. The number of carbonyl (C=O) groups is 1. The molecule has 3 N–H and O–H groups in total. The summed E-state index contributed by atoms with van der Waals surface area (Å²) in [5.74, 6) is -0.977. The smallest absolute Gasteiger partial charge is 0.341 e. The number of sulfonamides is 1. The van der Waals surface area contributed by atoms with E-state index in [2.05, 4.69) is 10.0 Å². The predicted octanol–water partition coefficient (Wildman–Crippen LogP) is 3.44. The first-order valence-electron chi connectivity index (χ1n) is 10.0. The molecule has 1 aliphatic heterocycles. The van der Waals surface area contributed by atoms with Crippen molar-refractivity contribution in [2.75, 3.05) is 24.4 Å². The number of ether oxygens (including phenoxy) is 1. The molecule has 9 heteroatoms. The average molecular weight is 447 g/mol. The number of halogens is 1. The minimum absolute atomic E-state index is 0.0859. The fraction of sp³-hybridized carbons (Fsp3) is 0.318. The summed E-state index contributed by atoms with van der Waals surface area (Å²) >= 11 is 0. The first kappa shape index (κ1) is 21.3. The Morgan fingerprint density at radius 3 is 2.87 bits per heavy atom. The van der Waals surface area contributed by atoms with Crippen LogP contribution >= 0.6 is 0 Å². The van der Waals surface area contributed by atoms with E-state index in [0.717, 1.165) is 36.7 Å². The number of benzene rings is 2. The lowest BCUT2D eigenvalue weighted by Crippen LogP contribution is -2.19. The Morgan fingerprint density at radius 1 is 1.32 bits per heavy atom. The van der Waals surface area contributed by atoms with Crippen LogP contribution in [0.25, 0.3) is 6.08 Å². The van der Waals surface area contributed by atoms with Crippen LogP contribution in [0.2, 0.25) is 0 Å². The third-order valence-electron chi connectivity index (χ3n) is 5.48. The van der Waals surface area contributed by atoms with E-state index in [1.54, 1.807) is 12.1 Å². The maximum absolute atomic E-state index is 13.8. The summed E-state index contributed by atoms with van der Waals surface area (Å²) in [7, 11) is -4.20. The van der Waals surface area contributed by atoms with Crippen molar-refractivity contribution in [3.63, 3.8) is 0 Å². The van der Waals surface area contributed by atoms with E-state index < -0.39 is 21.8 Å². The van der Waals surface area contributed by atoms with Crippen LogP contribution in [0.5, 0.6) is 5.75 Å². The number of rotatable bonds is 8. The Labute approximate surface area is 180 Å². The molecule has 2 aromatic rings. The van der Waals surface area contributed by atoms with E-state index in [1.807, 2.05) is 6.92 Å². The Bertz CT molecular complexity index is 1160. The van der Waals surface area contributed by atoms with Crippen molar-refractivity contribution in [1.29, 1.82) is 0 Å². The molecule has 0 radical (unpaired) electrons. The van der Waals surface area contributed by atoms with Crippen LogP contribution in [-0.4, -0.2) is 39.2 Å². The van der Waals surface area contributed by atoms with E-state index in [1.165, 1.54) is 12.1 Å². The van der Waals surface area contributed by atoms with Crippen molar-refractivity contribution in [2.45, 2.75) is 24.2 Å². The van der Waals surface area contributed by atoms with Gasteiger partial charge < -0.3 is 15.2 Å². The molecule has 1 heterocycles. The van der Waals surface area contributed by atoms with Gasteiger partial charge in [0.1, 0.15) is 17.1 Å². The highest BCUT2D eigenvalue weighted by Crippen LogP contribution is 2.55. The number of aromatic carboxylic acids is 1. The molecule has 2 aliphatic rings. The van der Waals surface area contributed by atoms with Gasteiger partial charge in [-0.1, -0.05) is 25.1 Å². The fourth-order valence-electron chi connectivity index (χ4n) is 3.85. The van der Waals surface area contributed by atoms with Crippen LogP contribution in [0.15, 0.2) is 41.3 Å². The zero-order valence-corrected chi connectivity index (χ0v) is 17.7. The van der Waals surface area contributed by atoms with Gasteiger partial charge in [0.25, 0.3) is 10.0 Å². The molecule has 2 aromatic carbocycles. The van der Waals surface area contributed by atoms with E-state index in [0.29, 0.717) is 19.1 Å². The number of carboxylic acid groups (broad SMARTS) is 1. The second-order valence-corrected chi connectivity index (χ2v) is 9.27. The number of fused-ring (bicyclic) bond motifs is 3. The summed E-state index contributed by atoms with van der Waals surface area (Å²) in [5, 5.41) is 12.8. The fourth-order valence-corrected chi connectivity index (χ4v) is 5.11. The lowest BCUT2D eigenvalue weighted by molar-refractivity contribution is 0.0692. The summed E-state index contributed by atoms with van der Waals surface area (Å²) in [6.45, 7) is 3.59. The molecule has 0 bridgehead atoms. The van der Waals surface area contributed by atoms with E-state index >= 15 is 0 Å². The summed E-state index contributed by atoms with van der Waals surface area (Å²) in [5.41, 5.74) is 0.665. The highest BCUT2D eigenvalue weighted by atomic mass is 32.2. The average Bonchev–Trinajstić information content (AvgIpc) is 3.50. The maximum atomic E-state index is 13.8. The molecule has 0 spiro atoms. The monoisotopic (exact) mass is 446 g/mol. The highest BCUT2D eigenvalue weighted by Gasteiger charge is 2.45. The molecule has 0 unspecified atom stereocenters. The SMILES string of the molecule is CCNCC=Cc1cc(F)ccc1S(=O)(=O)Nc1ccc2c(c1C(=O)O)OC[C@@H]1C[C@H]21. The first-order valence-corrected chi connectivity index (χ1v) is 11.5. The standard InChI is InChI=1S/C22H23FN2O5S/c1-2-24-9-3-4-13-10-15(23)5-8-19(13)31(28,29)25-18-7-6-16-17-11-14(17)12-30-21(16)20(18)22(26)27/h3-8,10,14,17,24-25H,2,9,11-12H2,1H3,(H,26,27)/t14-,17-/m0/s1. The molecular formula is C22H23FN2O5S. The van der Waals surface area contributed by atoms with Gasteiger partial charge >= 0.3 is 5.97 Å². The number of hydrogen-bond acceptors (Lipinski definition) is 5. The van der Waals surface area contributed by atoms with Crippen LogP contribution < -0.4 is 14.8 Å². The van der Waals surface area contributed by atoms with Crippen molar-refractivity contribution in [2.24, 2.45) is 5.92 Å². The molecule has 0 aromatic heterocycles. The topological polar surface area (TPSA) is 105 Å². The molecule has 4 rings (SSSR count). The van der Waals surface area contributed by atoms with Gasteiger partial charge in [-0.15, -0.1) is 0 Å². The van der Waals surface area contributed by atoms with Crippen LogP contribution in [0.4, 0.5) is 10.1 Å². The predicted molar refractivity (Wildman–Crippen MR) is 115 cm³/mol. The molecule has 0 saturated heterocycles. The minimum Gasteiger partial charge on any atom is -0.492 e. The van der Waals surface area contributed by atoms with Crippen LogP contribution in [0.3, 0.4) is 0 Å². The Balaban J connectivity index is 1.70. The van der Waals surface area contributed by atoms with Crippen molar-refractivity contribution in [1.82, 2.24) is 5.32 Å². The summed E-state index contributed by atoms with van der Waals surface area (Å²) in [6.07, 6.45) is 4.15. The summed E-state index contributed by atoms with van der Waals surface area (Å²) in [6, 6.07) is 6.50. The maximum Gasteiger partial charge on any atom is 0.341 e. The van der Waals surface area contributed by atoms with Crippen LogP contribution in [0.1, 0.15) is 40.7 Å². The summed E-state index contributed by atoms with van der Waals surface area (Å²) in [4.78, 5) is 11.8. The molecule has 7 nitrogen and oxygen atoms in total. The Kier molecular flexibility index (Phi) is 5.72. The number of nitrogens with one attached hydrogen (secondary N) is 2. The largest absolute Gasteiger partial charge is 0.492 e. The van der Waals surface area contributed by atoms with Crippen molar-refractivity contribution in [3.05, 3.63) is 58.9 Å². The van der Waals surface area contributed by atoms with E-state index in [9.17, 15) is 22.7 Å². The Hall–Kier alpha value is -2.91. The van der Waals surface area contributed by atoms with Crippen molar-refractivity contribution in [3.8, 4) is 5.75 Å². The van der Waals surface area contributed by atoms with E-state index in [4.69, 9.17) is 4.74 Å². The molecule has 164 valence electrons. The zero-order chi connectivity index (χ0) is 22.2. The van der Waals surface area contributed by atoms with Gasteiger partial charge in [0.15, 0.2) is 0 Å². The number of likely N-dealkylation sites (N-methyl/N-ethyl adjacent to an activating group) is 1. The second-order valence-electron chi connectivity index (χ2n) is 7.62. The molecule has 0 amide bonds. The number of carboxylic acids is 1. The lowest BCUT2D eigenvalue weighted by atomic mass is 10.0. The van der Waals surface area contributed by atoms with Gasteiger partial charge in [0, 0.05) is 12.5 Å².